The fraction of sp³-hybridized carbons (Fsp3) is 0.471. The van der Waals surface area contributed by atoms with Gasteiger partial charge in [0.05, 0.1) is 5.52 Å². The molecule has 3 rings (SSSR count). The first-order chi connectivity index (χ1) is 10.3. The van der Waals surface area contributed by atoms with E-state index in [4.69, 9.17) is 5.84 Å². The molecule has 2 aromatic rings. The van der Waals surface area contributed by atoms with Crippen LogP contribution in [0.3, 0.4) is 0 Å². The van der Waals surface area contributed by atoms with Crippen molar-refractivity contribution in [3.8, 4) is 0 Å². The minimum absolute atomic E-state index is 0.792. The second-order valence-corrected chi connectivity index (χ2v) is 5.96. The molecule has 0 spiro atoms. The summed E-state index contributed by atoms with van der Waals surface area (Å²) in [4.78, 5) is 7.13. The number of nitrogens with zero attached hydrogens (tertiary/aromatic N) is 2. The summed E-state index contributed by atoms with van der Waals surface area (Å²) in [7, 11) is 0. The van der Waals surface area contributed by atoms with Crippen LogP contribution in [-0.4, -0.2) is 23.0 Å². The largest absolute Gasteiger partial charge is 0.308 e. The van der Waals surface area contributed by atoms with Crippen molar-refractivity contribution >= 4 is 16.7 Å². The lowest BCUT2D eigenvalue weighted by Gasteiger charge is -2.32. The summed E-state index contributed by atoms with van der Waals surface area (Å²) in [6.45, 7) is 5.38. The summed E-state index contributed by atoms with van der Waals surface area (Å²) in [5.74, 6) is 7.34. The van der Waals surface area contributed by atoms with E-state index in [0.717, 1.165) is 30.3 Å². The van der Waals surface area contributed by atoms with Crippen molar-refractivity contribution in [1.29, 1.82) is 0 Å². The van der Waals surface area contributed by atoms with Crippen LogP contribution in [0.15, 0.2) is 30.3 Å². The molecule has 3 N–H and O–H groups in total. The number of nitrogens with one attached hydrogen (secondary N) is 1. The van der Waals surface area contributed by atoms with Gasteiger partial charge < -0.3 is 5.43 Å². The second-order valence-electron chi connectivity index (χ2n) is 5.96. The average molecular weight is 284 g/mol. The third-order valence-electron chi connectivity index (χ3n) is 4.52. The van der Waals surface area contributed by atoms with Gasteiger partial charge in [0.25, 0.3) is 0 Å². The molecule has 112 valence electrons. The lowest BCUT2D eigenvalue weighted by Crippen LogP contribution is -2.32. The van der Waals surface area contributed by atoms with E-state index in [1.807, 2.05) is 12.1 Å². The van der Waals surface area contributed by atoms with Gasteiger partial charge in [-0.1, -0.05) is 31.5 Å². The van der Waals surface area contributed by atoms with Crippen LogP contribution in [0.2, 0.25) is 0 Å². The summed E-state index contributed by atoms with van der Waals surface area (Å²) in [5.41, 5.74) is 4.92. The highest BCUT2D eigenvalue weighted by molar-refractivity contribution is 5.81. The van der Waals surface area contributed by atoms with Crippen LogP contribution in [0.4, 0.5) is 5.82 Å². The smallest absolute Gasteiger partial charge is 0.145 e. The van der Waals surface area contributed by atoms with Crippen molar-refractivity contribution in [2.45, 2.75) is 32.7 Å². The minimum atomic E-state index is 0.792. The molecule has 4 nitrogen and oxygen atoms in total. The zero-order valence-corrected chi connectivity index (χ0v) is 12.7. The summed E-state index contributed by atoms with van der Waals surface area (Å²) in [6, 6.07) is 10.4. The van der Waals surface area contributed by atoms with Crippen molar-refractivity contribution < 1.29 is 0 Å². The highest BCUT2D eigenvalue weighted by Gasteiger charge is 2.20. The Hall–Kier alpha value is -1.65. The van der Waals surface area contributed by atoms with Gasteiger partial charge in [-0.3, -0.25) is 4.90 Å². The molecular formula is C17H24N4. The normalized spacial score (nSPS) is 15.4. The fourth-order valence-corrected chi connectivity index (χ4v) is 2.99. The zero-order chi connectivity index (χ0) is 14.7. The predicted octanol–water partition coefficient (Wildman–Crippen LogP) is 3.14. The molecule has 4 heteroatoms. The van der Waals surface area contributed by atoms with E-state index in [2.05, 4.69) is 40.4 Å². The second kappa shape index (κ2) is 6.41. The van der Waals surface area contributed by atoms with Crippen LogP contribution in [-0.2, 0) is 6.54 Å². The molecule has 0 radical (unpaired) electrons. The molecule has 1 aromatic heterocycles. The molecule has 1 aliphatic rings. The highest BCUT2D eigenvalue weighted by Crippen LogP contribution is 2.28. The Morgan fingerprint density at radius 2 is 2.14 bits per heavy atom. The van der Waals surface area contributed by atoms with Gasteiger partial charge in [0.1, 0.15) is 5.82 Å². The molecular weight excluding hydrogens is 260 g/mol. The molecule has 1 saturated carbocycles. The molecule has 1 aromatic carbocycles. The number of pyridine rings is 1. The minimum Gasteiger partial charge on any atom is -0.308 e. The van der Waals surface area contributed by atoms with Gasteiger partial charge in [-0.15, -0.1) is 0 Å². The number of fused-ring (bicyclic) bond motifs is 1. The van der Waals surface area contributed by atoms with Gasteiger partial charge in [-0.2, -0.15) is 0 Å². The average Bonchev–Trinajstić information content (AvgIpc) is 2.48. The van der Waals surface area contributed by atoms with E-state index in [1.54, 1.807) is 0 Å². The van der Waals surface area contributed by atoms with Crippen LogP contribution >= 0.6 is 0 Å². The van der Waals surface area contributed by atoms with Gasteiger partial charge in [-0.25, -0.2) is 10.8 Å². The Kier molecular flexibility index (Phi) is 4.36. The third-order valence-corrected chi connectivity index (χ3v) is 4.52. The quantitative estimate of drug-likeness (QED) is 0.632. The molecule has 0 amide bonds. The van der Waals surface area contributed by atoms with Crippen molar-refractivity contribution in [3.05, 3.63) is 35.9 Å². The number of nitrogen functional groups attached to an aromatic ring is 1. The van der Waals surface area contributed by atoms with Crippen molar-refractivity contribution in [3.63, 3.8) is 0 Å². The van der Waals surface area contributed by atoms with Gasteiger partial charge in [0, 0.05) is 24.0 Å². The Balaban J connectivity index is 1.83. The third kappa shape index (κ3) is 3.17. The SMILES string of the molecule is CCN(Cc1cc2ccccc2nc1NN)CC1CCC1. The Labute approximate surface area is 126 Å². The van der Waals surface area contributed by atoms with Crippen LogP contribution in [0.1, 0.15) is 31.7 Å². The summed E-state index contributed by atoms with van der Waals surface area (Å²) in [6.07, 6.45) is 4.16. The van der Waals surface area contributed by atoms with Crippen LogP contribution in [0.25, 0.3) is 10.9 Å². The van der Waals surface area contributed by atoms with Crippen molar-refractivity contribution in [1.82, 2.24) is 9.88 Å². The number of hydrogen-bond acceptors (Lipinski definition) is 4. The zero-order valence-electron chi connectivity index (χ0n) is 12.7. The van der Waals surface area contributed by atoms with E-state index in [-0.39, 0.29) is 0 Å². The molecule has 1 fully saturated rings. The topological polar surface area (TPSA) is 54.2 Å². The van der Waals surface area contributed by atoms with Gasteiger partial charge >= 0.3 is 0 Å². The van der Waals surface area contributed by atoms with Crippen molar-refractivity contribution in [2.24, 2.45) is 11.8 Å². The van der Waals surface area contributed by atoms with Gasteiger partial charge in [0.2, 0.25) is 0 Å². The van der Waals surface area contributed by atoms with E-state index in [9.17, 15) is 0 Å². The number of hydrazine groups is 1. The number of nitrogens with two attached hydrogens (primary N) is 1. The lowest BCUT2D eigenvalue weighted by molar-refractivity contribution is 0.178. The summed E-state index contributed by atoms with van der Waals surface area (Å²) >= 11 is 0. The van der Waals surface area contributed by atoms with E-state index >= 15 is 0 Å². The number of para-hydroxylation sites is 1. The Morgan fingerprint density at radius 3 is 2.81 bits per heavy atom. The first-order valence-corrected chi connectivity index (χ1v) is 7.87. The fourth-order valence-electron chi connectivity index (χ4n) is 2.99. The van der Waals surface area contributed by atoms with Crippen molar-refractivity contribution in [2.75, 3.05) is 18.5 Å². The van der Waals surface area contributed by atoms with Crippen LogP contribution < -0.4 is 11.3 Å². The maximum Gasteiger partial charge on any atom is 0.145 e. The number of benzene rings is 1. The van der Waals surface area contributed by atoms with Crippen LogP contribution in [0.5, 0.6) is 0 Å². The molecule has 0 unspecified atom stereocenters. The van der Waals surface area contributed by atoms with E-state index in [0.29, 0.717) is 0 Å². The molecule has 0 aliphatic heterocycles. The molecule has 0 atom stereocenters. The number of anilines is 1. The van der Waals surface area contributed by atoms with E-state index in [1.165, 1.54) is 36.8 Å². The Morgan fingerprint density at radius 1 is 1.33 bits per heavy atom. The molecule has 1 aliphatic carbocycles. The molecule has 0 saturated heterocycles. The molecule has 21 heavy (non-hydrogen) atoms. The van der Waals surface area contributed by atoms with Crippen LogP contribution in [0, 0.1) is 5.92 Å². The lowest BCUT2D eigenvalue weighted by atomic mass is 9.85. The number of rotatable bonds is 6. The van der Waals surface area contributed by atoms with Gasteiger partial charge in [0.15, 0.2) is 0 Å². The Bertz CT molecular complexity index is 607. The summed E-state index contributed by atoms with van der Waals surface area (Å²) in [5, 5.41) is 1.17. The maximum atomic E-state index is 5.67. The van der Waals surface area contributed by atoms with Gasteiger partial charge in [-0.05, 0) is 37.4 Å². The maximum absolute atomic E-state index is 5.67. The standard InChI is InChI=1S/C17H24N4/c1-2-21(11-13-6-5-7-13)12-15-10-14-8-3-4-9-16(14)19-17(15)20-18/h3-4,8-10,13H,2,5-7,11-12,18H2,1H3,(H,19,20). The summed E-state index contributed by atoms with van der Waals surface area (Å²) < 4.78 is 0. The number of hydrogen-bond donors (Lipinski definition) is 2. The molecule has 0 bridgehead atoms. The predicted molar refractivity (Wildman–Crippen MR) is 87.8 cm³/mol. The first kappa shape index (κ1) is 14.3. The number of aromatic nitrogens is 1. The molecule has 1 heterocycles. The first-order valence-electron chi connectivity index (χ1n) is 7.87. The van der Waals surface area contributed by atoms with E-state index < -0.39 is 0 Å². The monoisotopic (exact) mass is 284 g/mol. The highest BCUT2D eigenvalue weighted by atomic mass is 15.3.